The summed E-state index contributed by atoms with van der Waals surface area (Å²) in [4.78, 5) is -0.0935. The van der Waals surface area contributed by atoms with Crippen molar-refractivity contribution in [3.63, 3.8) is 0 Å². The van der Waals surface area contributed by atoms with Gasteiger partial charge in [-0.1, -0.05) is 23.7 Å². The topological polar surface area (TPSA) is 70.0 Å². The first-order valence-electron chi connectivity index (χ1n) is 6.37. The maximum absolute atomic E-state index is 13.6. The maximum atomic E-state index is 13.6. The lowest BCUT2D eigenvalue weighted by molar-refractivity contribution is 0.577. The van der Waals surface area contributed by atoms with Crippen LogP contribution >= 0.6 is 11.6 Å². The van der Waals surface area contributed by atoms with Crippen LogP contribution in [0.1, 0.15) is 11.1 Å². The summed E-state index contributed by atoms with van der Waals surface area (Å²) in [6.07, 6.45) is 0.153. The van der Waals surface area contributed by atoms with Crippen LogP contribution in [0.15, 0.2) is 47.4 Å². The fourth-order valence-corrected chi connectivity index (χ4v) is 3.31. The van der Waals surface area contributed by atoms with Gasteiger partial charge in [0.25, 0.3) is 0 Å². The van der Waals surface area contributed by atoms with Crippen LogP contribution in [-0.4, -0.2) is 15.0 Å². The van der Waals surface area contributed by atoms with Gasteiger partial charge in [-0.15, -0.1) is 0 Å². The highest BCUT2D eigenvalue weighted by Gasteiger charge is 2.17. The van der Waals surface area contributed by atoms with Crippen LogP contribution in [0.2, 0.25) is 5.02 Å². The summed E-state index contributed by atoms with van der Waals surface area (Å²) in [6.45, 7) is -0.000636. The molecule has 0 aliphatic heterocycles. The molecule has 2 aromatic carbocycles. The van der Waals surface area contributed by atoms with Crippen LogP contribution in [0.3, 0.4) is 0 Å². The zero-order chi connectivity index (χ0) is 16.2. The van der Waals surface area contributed by atoms with Gasteiger partial charge in [0.15, 0.2) is 0 Å². The minimum atomic E-state index is -3.82. The lowest BCUT2D eigenvalue weighted by Crippen LogP contribution is -2.26. The quantitative estimate of drug-likeness (QED) is 0.911. The number of nitrogens with one attached hydrogen (secondary N) is 1. The van der Waals surface area contributed by atoms with E-state index in [1.165, 1.54) is 36.4 Å². The van der Waals surface area contributed by atoms with Gasteiger partial charge >= 0.3 is 0 Å². The Balaban J connectivity index is 2.11. The van der Waals surface area contributed by atoms with Crippen molar-refractivity contribution < 1.29 is 12.8 Å². The first kappa shape index (κ1) is 16.4. The molecule has 0 aliphatic carbocycles. The number of hydrogen-bond acceptors (Lipinski definition) is 3. The second kappa shape index (κ2) is 6.88. The molecule has 0 amide bonds. The summed E-state index contributed by atoms with van der Waals surface area (Å²) in [6, 6.07) is 11.8. The summed E-state index contributed by atoms with van der Waals surface area (Å²) < 4.78 is 40.3. The Labute approximate surface area is 133 Å². The van der Waals surface area contributed by atoms with E-state index in [0.717, 1.165) is 0 Å². The molecule has 0 bridgehead atoms. The Morgan fingerprint density at radius 3 is 2.68 bits per heavy atom. The number of rotatable bonds is 5. The molecule has 0 saturated heterocycles. The monoisotopic (exact) mass is 338 g/mol. The van der Waals surface area contributed by atoms with E-state index in [9.17, 15) is 12.8 Å². The van der Waals surface area contributed by atoms with Crippen molar-refractivity contribution in [2.24, 2.45) is 0 Å². The molecule has 7 heteroatoms. The van der Waals surface area contributed by atoms with Gasteiger partial charge in [-0.2, -0.15) is 5.26 Å². The molecule has 4 nitrogen and oxygen atoms in total. The molecule has 1 N–H and O–H groups in total. The van der Waals surface area contributed by atoms with E-state index >= 15 is 0 Å². The molecule has 0 fully saturated rings. The van der Waals surface area contributed by atoms with Crippen LogP contribution in [0.5, 0.6) is 0 Å². The molecule has 2 aromatic rings. The summed E-state index contributed by atoms with van der Waals surface area (Å²) >= 11 is 5.78. The number of nitrogens with zero attached hydrogens (tertiary/aromatic N) is 1. The van der Waals surface area contributed by atoms with Crippen LogP contribution in [-0.2, 0) is 16.4 Å². The van der Waals surface area contributed by atoms with Gasteiger partial charge < -0.3 is 0 Å². The fourth-order valence-electron chi connectivity index (χ4n) is 1.93. The average Bonchev–Trinajstić information content (AvgIpc) is 2.50. The molecule has 114 valence electrons. The summed E-state index contributed by atoms with van der Waals surface area (Å²) in [5.74, 6) is -0.443. The third kappa shape index (κ3) is 3.83. The summed E-state index contributed by atoms with van der Waals surface area (Å²) in [5, 5.41) is 9.33. The summed E-state index contributed by atoms with van der Waals surface area (Å²) in [5.41, 5.74) is 0.382. The zero-order valence-corrected chi connectivity index (χ0v) is 13.0. The minimum Gasteiger partial charge on any atom is -0.211 e. The molecule has 22 heavy (non-hydrogen) atoms. The van der Waals surface area contributed by atoms with E-state index in [4.69, 9.17) is 16.9 Å². The van der Waals surface area contributed by atoms with Crippen LogP contribution in [0.4, 0.5) is 4.39 Å². The molecule has 0 spiro atoms. The first-order valence-corrected chi connectivity index (χ1v) is 8.23. The molecule has 0 heterocycles. The van der Waals surface area contributed by atoms with E-state index in [-0.39, 0.29) is 23.4 Å². The van der Waals surface area contributed by atoms with Crippen molar-refractivity contribution in [1.82, 2.24) is 4.72 Å². The van der Waals surface area contributed by atoms with Gasteiger partial charge in [0.05, 0.1) is 10.5 Å². The smallest absolute Gasteiger partial charge is 0.211 e. The normalized spacial score (nSPS) is 11.1. The fraction of sp³-hybridized carbons (Fsp3) is 0.133. The Bertz CT molecular complexity index is 832. The number of sulfonamides is 1. The van der Waals surface area contributed by atoms with Crippen LogP contribution in [0, 0.1) is 17.1 Å². The van der Waals surface area contributed by atoms with E-state index < -0.39 is 15.8 Å². The Morgan fingerprint density at radius 1 is 1.23 bits per heavy atom. The number of benzene rings is 2. The van der Waals surface area contributed by atoms with E-state index in [2.05, 4.69) is 4.72 Å². The van der Waals surface area contributed by atoms with Gasteiger partial charge in [0.1, 0.15) is 11.9 Å². The highest BCUT2D eigenvalue weighted by molar-refractivity contribution is 7.89. The predicted octanol–water partition coefficient (Wildman–Crippen LogP) is 2.87. The second-order valence-electron chi connectivity index (χ2n) is 4.49. The molecule has 0 saturated carbocycles. The van der Waals surface area contributed by atoms with Crippen molar-refractivity contribution in [1.29, 1.82) is 5.26 Å². The number of nitriles is 1. The molecular formula is C15H12ClFN2O2S. The second-order valence-corrected chi connectivity index (χ2v) is 6.66. The molecule has 0 aromatic heterocycles. The van der Waals surface area contributed by atoms with E-state index in [1.807, 2.05) is 6.07 Å². The average molecular weight is 339 g/mol. The molecule has 2 rings (SSSR count). The van der Waals surface area contributed by atoms with E-state index in [1.54, 1.807) is 6.07 Å². The third-order valence-corrected chi connectivity index (χ3v) is 4.75. The molecule has 0 aliphatic rings. The first-order chi connectivity index (χ1) is 10.4. The van der Waals surface area contributed by atoms with Gasteiger partial charge in [0.2, 0.25) is 10.0 Å². The Morgan fingerprint density at radius 2 is 1.95 bits per heavy atom. The van der Waals surface area contributed by atoms with Crippen molar-refractivity contribution in [2.45, 2.75) is 11.3 Å². The van der Waals surface area contributed by atoms with Gasteiger partial charge in [-0.05, 0) is 42.3 Å². The van der Waals surface area contributed by atoms with Crippen molar-refractivity contribution in [3.05, 3.63) is 64.4 Å². The maximum Gasteiger partial charge on any atom is 0.241 e. The predicted molar refractivity (Wildman–Crippen MR) is 81.5 cm³/mol. The third-order valence-electron chi connectivity index (χ3n) is 2.99. The number of hydrogen-bond donors (Lipinski definition) is 1. The molecule has 0 atom stereocenters. The van der Waals surface area contributed by atoms with Crippen molar-refractivity contribution in [3.8, 4) is 6.07 Å². The van der Waals surface area contributed by atoms with Gasteiger partial charge in [-0.25, -0.2) is 17.5 Å². The van der Waals surface area contributed by atoms with Gasteiger partial charge in [0, 0.05) is 11.6 Å². The summed E-state index contributed by atoms with van der Waals surface area (Å²) in [7, 11) is -3.82. The van der Waals surface area contributed by atoms with Crippen molar-refractivity contribution >= 4 is 21.6 Å². The SMILES string of the molecule is N#Cc1ccccc1S(=O)(=O)NCCc1cc(Cl)ccc1F. The standard InChI is InChI=1S/C15H12ClFN2O2S/c16-13-5-6-14(17)11(9-13)7-8-19-22(20,21)15-4-2-1-3-12(15)10-18/h1-6,9,19H,7-8H2. The number of halogens is 2. The van der Waals surface area contributed by atoms with Crippen molar-refractivity contribution in [2.75, 3.05) is 6.54 Å². The van der Waals surface area contributed by atoms with Crippen LogP contribution < -0.4 is 4.72 Å². The molecule has 0 unspecified atom stereocenters. The van der Waals surface area contributed by atoms with E-state index in [0.29, 0.717) is 10.6 Å². The molecule has 0 radical (unpaired) electrons. The Kier molecular flexibility index (Phi) is 5.14. The molecular weight excluding hydrogens is 327 g/mol. The largest absolute Gasteiger partial charge is 0.241 e. The van der Waals surface area contributed by atoms with Gasteiger partial charge in [-0.3, -0.25) is 0 Å². The highest BCUT2D eigenvalue weighted by Crippen LogP contribution is 2.16. The highest BCUT2D eigenvalue weighted by atomic mass is 35.5. The lowest BCUT2D eigenvalue weighted by Gasteiger charge is -2.08. The van der Waals surface area contributed by atoms with Crippen LogP contribution in [0.25, 0.3) is 0 Å². The Hall–Kier alpha value is -1.94. The lowest BCUT2D eigenvalue weighted by atomic mass is 10.1. The zero-order valence-electron chi connectivity index (χ0n) is 11.4. The minimum absolute atomic E-state index is 0.000636.